The Kier molecular flexibility index (Phi) is 7.15. The van der Waals surface area contributed by atoms with Gasteiger partial charge in [-0.05, 0) is 35.4 Å². The van der Waals surface area contributed by atoms with Gasteiger partial charge in [-0.15, -0.1) is 0 Å². The van der Waals surface area contributed by atoms with Gasteiger partial charge in [-0.25, -0.2) is 13.8 Å². The van der Waals surface area contributed by atoms with Crippen LogP contribution in [0.1, 0.15) is 21.6 Å². The molecule has 0 unspecified atom stereocenters. The molecule has 0 bridgehead atoms. The van der Waals surface area contributed by atoms with Gasteiger partial charge in [0.15, 0.2) is 11.6 Å². The van der Waals surface area contributed by atoms with Crippen LogP contribution in [0.15, 0.2) is 48.9 Å². The molecule has 1 amide bonds. The van der Waals surface area contributed by atoms with Crippen LogP contribution >= 0.6 is 11.6 Å². The standard InChI is InChI=1S/C26H25ClF2N6O3/c1-33-25(3-4-31-33)32-24-8-19(20(27)9-30-24)16-7-23-26(37)35(18(14-38-2)12-34(23)10-16)11-15-5-21(28)22(29)6-17(15)13-36/h3-10,18,36H,11-14H2,1-2H3,(H,30,32)/t18-/m1/s1. The van der Waals surface area contributed by atoms with Crippen LogP contribution in [-0.4, -0.2) is 55.0 Å². The first-order valence-electron chi connectivity index (χ1n) is 11.8. The van der Waals surface area contributed by atoms with Crippen LogP contribution < -0.4 is 5.32 Å². The van der Waals surface area contributed by atoms with E-state index in [4.69, 9.17) is 16.3 Å². The van der Waals surface area contributed by atoms with Crippen molar-refractivity contribution in [3.63, 3.8) is 0 Å². The van der Waals surface area contributed by atoms with Crippen LogP contribution in [0.5, 0.6) is 0 Å². The zero-order valence-electron chi connectivity index (χ0n) is 20.7. The molecule has 1 aromatic carbocycles. The van der Waals surface area contributed by atoms with Gasteiger partial charge in [0.1, 0.15) is 17.3 Å². The number of nitrogens with one attached hydrogen (secondary N) is 1. The smallest absolute Gasteiger partial charge is 0.271 e. The van der Waals surface area contributed by atoms with Gasteiger partial charge < -0.3 is 24.6 Å². The van der Waals surface area contributed by atoms with Gasteiger partial charge in [0.2, 0.25) is 0 Å². The number of carbonyl (C=O) groups is 1. The number of aromatic nitrogens is 4. The van der Waals surface area contributed by atoms with Crippen molar-refractivity contribution in [1.82, 2.24) is 24.2 Å². The second-order valence-corrected chi connectivity index (χ2v) is 9.42. The number of amides is 1. The van der Waals surface area contributed by atoms with Crippen molar-refractivity contribution >= 4 is 29.1 Å². The molecule has 1 aliphatic rings. The summed E-state index contributed by atoms with van der Waals surface area (Å²) in [6.07, 6.45) is 5.05. The lowest BCUT2D eigenvalue weighted by Gasteiger charge is -2.36. The van der Waals surface area contributed by atoms with Crippen LogP contribution in [0, 0.1) is 11.6 Å². The number of methoxy groups -OCH3 is 1. The summed E-state index contributed by atoms with van der Waals surface area (Å²) >= 11 is 6.50. The lowest BCUT2D eigenvalue weighted by molar-refractivity contribution is 0.0386. The Hall–Kier alpha value is -3.80. The van der Waals surface area contributed by atoms with Crippen molar-refractivity contribution in [3.05, 3.63) is 82.4 Å². The van der Waals surface area contributed by atoms with E-state index in [9.17, 15) is 18.7 Å². The summed E-state index contributed by atoms with van der Waals surface area (Å²) in [7, 11) is 3.34. The zero-order chi connectivity index (χ0) is 27.0. The van der Waals surface area contributed by atoms with E-state index in [2.05, 4.69) is 15.4 Å². The largest absolute Gasteiger partial charge is 0.392 e. The zero-order valence-corrected chi connectivity index (χ0v) is 21.4. The maximum absolute atomic E-state index is 14.0. The minimum Gasteiger partial charge on any atom is -0.392 e. The number of ether oxygens (including phenoxy) is 1. The van der Waals surface area contributed by atoms with E-state index in [1.165, 1.54) is 13.3 Å². The van der Waals surface area contributed by atoms with Crippen molar-refractivity contribution in [3.8, 4) is 11.1 Å². The molecule has 9 nitrogen and oxygen atoms in total. The highest BCUT2D eigenvalue weighted by molar-refractivity contribution is 6.33. The third-order valence-corrected chi connectivity index (χ3v) is 6.88. The van der Waals surface area contributed by atoms with Crippen LogP contribution in [0.3, 0.4) is 0 Å². The molecule has 5 rings (SSSR count). The maximum atomic E-state index is 14.0. The monoisotopic (exact) mass is 542 g/mol. The first kappa shape index (κ1) is 25.8. The summed E-state index contributed by atoms with van der Waals surface area (Å²) < 4.78 is 36.6. The van der Waals surface area contributed by atoms with Gasteiger partial charge in [-0.2, -0.15) is 5.10 Å². The fourth-order valence-corrected chi connectivity index (χ4v) is 4.84. The predicted molar refractivity (Wildman–Crippen MR) is 137 cm³/mol. The SMILES string of the molecule is COC[C@H]1Cn2cc(-c3cc(Nc4ccnn4C)ncc3Cl)cc2C(=O)N1Cc1cc(F)c(F)cc1CO. The normalized spacial score (nSPS) is 15.2. The quantitative estimate of drug-likeness (QED) is 0.348. The Bertz CT molecular complexity index is 1500. The lowest BCUT2D eigenvalue weighted by atomic mass is 10.0. The van der Waals surface area contributed by atoms with Crippen molar-refractivity contribution < 1.29 is 23.4 Å². The molecule has 3 aromatic heterocycles. The number of hydrogen-bond acceptors (Lipinski definition) is 6. The minimum absolute atomic E-state index is 0.0186. The summed E-state index contributed by atoms with van der Waals surface area (Å²) in [5.41, 5.74) is 2.35. The number of halogens is 3. The molecule has 12 heteroatoms. The first-order valence-corrected chi connectivity index (χ1v) is 12.2. The fourth-order valence-electron chi connectivity index (χ4n) is 4.63. The van der Waals surface area contributed by atoms with Crippen LogP contribution in [0.4, 0.5) is 20.4 Å². The molecule has 38 heavy (non-hydrogen) atoms. The van der Waals surface area contributed by atoms with Crippen molar-refractivity contribution in [2.24, 2.45) is 7.05 Å². The number of nitrogens with zero attached hydrogens (tertiary/aromatic N) is 5. The van der Waals surface area contributed by atoms with Gasteiger partial charge in [0.25, 0.3) is 5.91 Å². The van der Waals surface area contributed by atoms with Crippen molar-refractivity contribution in [1.29, 1.82) is 0 Å². The number of aliphatic hydroxyl groups excluding tert-OH is 1. The fraction of sp³-hybridized carbons (Fsp3) is 0.269. The van der Waals surface area contributed by atoms with E-state index >= 15 is 0 Å². The molecule has 0 spiro atoms. The second-order valence-electron chi connectivity index (χ2n) is 9.02. The van der Waals surface area contributed by atoms with Crippen molar-refractivity contribution in [2.75, 3.05) is 19.0 Å². The molecule has 0 saturated heterocycles. The number of aliphatic hydroxyl groups is 1. The number of benzene rings is 1. The van der Waals surface area contributed by atoms with Crippen LogP contribution in [0.2, 0.25) is 5.02 Å². The minimum atomic E-state index is -1.05. The number of rotatable bonds is 8. The average molecular weight is 543 g/mol. The molecule has 2 N–H and O–H groups in total. The lowest BCUT2D eigenvalue weighted by Crippen LogP contribution is -2.49. The predicted octanol–water partition coefficient (Wildman–Crippen LogP) is 4.12. The van der Waals surface area contributed by atoms with Crippen LogP contribution in [-0.2, 0) is 31.5 Å². The van der Waals surface area contributed by atoms with Gasteiger partial charge in [-0.3, -0.25) is 9.48 Å². The number of carbonyl (C=O) groups excluding carboxylic acids is 1. The molecule has 4 heterocycles. The van der Waals surface area contributed by atoms with E-state index in [1.54, 1.807) is 35.0 Å². The van der Waals surface area contributed by atoms with E-state index in [0.29, 0.717) is 34.2 Å². The first-order chi connectivity index (χ1) is 18.3. The second kappa shape index (κ2) is 10.5. The van der Waals surface area contributed by atoms with E-state index in [0.717, 1.165) is 23.5 Å². The molecular formula is C26H25ClF2N6O3. The summed E-state index contributed by atoms with van der Waals surface area (Å²) in [5.74, 6) is -1.11. The number of hydrogen-bond donors (Lipinski definition) is 2. The van der Waals surface area contributed by atoms with E-state index < -0.39 is 18.2 Å². The number of anilines is 2. The summed E-state index contributed by atoms with van der Waals surface area (Å²) in [6.45, 7) is 0.135. The third-order valence-electron chi connectivity index (χ3n) is 6.58. The number of pyridine rings is 1. The third kappa shape index (κ3) is 4.87. The number of fused-ring (bicyclic) bond motifs is 1. The Morgan fingerprint density at radius 1 is 1.21 bits per heavy atom. The van der Waals surface area contributed by atoms with E-state index in [-0.39, 0.29) is 30.7 Å². The molecule has 0 radical (unpaired) electrons. The molecule has 0 aliphatic carbocycles. The maximum Gasteiger partial charge on any atom is 0.271 e. The van der Waals surface area contributed by atoms with Gasteiger partial charge in [0.05, 0.1) is 30.5 Å². The highest BCUT2D eigenvalue weighted by Gasteiger charge is 2.34. The molecule has 198 valence electrons. The summed E-state index contributed by atoms with van der Waals surface area (Å²) in [4.78, 5) is 19.6. The van der Waals surface area contributed by atoms with Gasteiger partial charge in [-0.1, -0.05) is 11.6 Å². The topological polar surface area (TPSA) is 97.4 Å². The summed E-state index contributed by atoms with van der Waals surface area (Å²) in [5, 5.41) is 17.4. The molecule has 0 saturated carbocycles. The molecular weight excluding hydrogens is 518 g/mol. The average Bonchev–Trinajstić information content (AvgIpc) is 3.50. The van der Waals surface area contributed by atoms with Gasteiger partial charge >= 0.3 is 0 Å². The van der Waals surface area contributed by atoms with Crippen LogP contribution in [0.25, 0.3) is 11.1 Å². The van der Waals surface area contributed by atoms with E-state index in [1.807, 2.05) is 16.8 Å². The molecule has 1 atom stereocenters. The Morgan fingerprint density at radius 2 is 1.97 bits per heavy atom. The highest BCUT2D eigenvalue weighted by atomic mass is 35.5. The Morgan fingerprint density at radius 3 is 2.66 bits per heavy atom. The molecule has 0 fully saturated rings. The number of aryl methyl sites for hydroxylation is 1. The van der Waals surface area contributed by atoms with Gasteiger partial charge in [0, 0.05) is 56.8 Å². The van der Waals surface area contributed by atoms with Crippen molar-refractivity contribution in [2.45, 2.75) is 25.7 Å². The Balaban J connectivity index is 1.48. The molecule has 1 aliphatic heterocycles. The molecule has 4 aromatic rings. The highest BCUT2D eigenvalue weighted by Crippen LogP contribution is 2.34. The Labute approximate surface area is 222 Å². The summed E-state index contributed by atoms with van der Waals surface area (Å²) in [6, 6.07) is 6.94.